The maximum atomic E-state index is 10.7. The molecule has 0 radical (unpaired) electrons. The predicted molar refractivity (Wildman–Crippen MR) is 81.4 cm³/mol. The number of aliphatic carboxylic acids is 1. The molecule has 116 valence electrons. The van der Waals surface area contributed by atoms with Crippen LogP contribution in [-0.4, -0.2) is 45.1 Å². The van der Waals surface area contributed by atoms with Gasteiger partial charge in [-0.25, -0.2) is 9.97 Å². The van der Waals surface area contributed by atoms with Gasteiger partial charge in [0.05, 0.1) is 6.42 Å². The summed E-state index contributed by atoms with van der Waals surface area (Å²) in [4.78, 5) is 22.2. The molecule has 1 atom stereocenters. The fourth-order valence-corrected chi connectivity index (χ4v) is 2.94. The van der Waals surface area contributed by atoms with E-state index in [2.05, 4.69) is 28.7 Å². The van der Waals surface area contributed by atoms with Crippen LogP contribution >= 0.6 is 0 Å². The van der Waals surface area contributed by atoms with Crippen LogP contribution in [0, 0.1) is 6.92 Å². The summed E-state index contributed by atoms with van der Waals surface area (Å²) in [5.41, 5.74) is 1.93. The van der Waals surface area contributed by atoms with Crippen molar-refractivity contribution in [3.05, 3.63) is 23.3 Å². The van der Waals surface area contributed by atoms with Gasteiger partial charge in [0, 0.05) is 36.3 Å². The summed E-state index contributed by atoms with van der Waals surface area (Å²) in [6.07, 6.45) is 2.94. The second kappa shape index (κ2) is 6.98. The highest BCUT2D eigenvalue weighted by Gasteiger charge is 2.24. The molecule has 1 aromatic rings. The van der Waals surface area contributed by atoms with Crippen LogP contribution in [0.15, 0.2) is 6.07 Å². The summed E-state index contributed by atoms with van der Waals surface area (Å²) >= 11 is 0. The highest BCUT2D eigenvalue weighted by atomic mass is 16.4. The van der Waals surface area contributed by atoms with E-state index in [4.69, 9.17) is 5.11 Å². The topological polar surface area (TPSA) is 66.3 Å². The minimum absolute atomic E-state index is 0.124. The van der Waals surface area contributed by atoms with E-state index in [-0.39, 0.29) is 6.42 Å². The van der Waals surface area contributed by atoms with Gasteiger partial charge in [-0.1, -0.05) is 0 Å². The van der Waals surface area contributed by atoms with Crippen LogP contribution in [0.4, 0.5) is 0 Å². The average Bonchev–Trinajstić information content (AvgIpc) is 2.44. The van der Waals surface area contributed by atoms with Gasteiger partial charge in [0.1, 0.15) is 5.82 Å². The molecule has 1 aliphatic heterocycles. The molecule has 0 aliphatic carbocycles. The fourth-order valence-electron chi connectivity index (χ4n) is 2.94. The molecular formula is C16H25N3O2. The van der Waals surface area contributed by atoms with E-state index in [1.807, 2.05) is 13.0 Å². The van der Waals surface area contributed by atoms with Gasteiger partial charge in [-0.15, -0.1) is 0 Å². The van der Waals surface area contributed by atoms with E-state index in [1.165, 1.54) is 6.42 Å². The van der Waals surface area contributed by atoms with Crippen molar-refractivity contribution in [3.63, 3.8) is 0 Å². The molecule has 5 heteroatoms. The van der Waals surface area contributed by atoms with Crippen molar-refractivity contribution in [2.24, 2.45) is 0 Å². The van der Waals surface area contributed by atoms with Crippen molar-refractivity contribution in [1.82, 2.24) is 14.9 Å². The monoisotopic (exact) mass is 291 g/mol. The molecule has 1 fully saturated rings. The zero-order valence-corrected chi connectivity index (χ0v) is 13.2. The number of rotatable bonds is 5. The summed E-state index contributed by atoms with van der Waals surface area (Å²) in [6, 6.07) is 2.56. The Morgan fingerprint density at radius 2 is 2.24 bits per heavy atom. The highest BCUT2D eigenvalue weighted by molar-refractivity contribution is 5.66. The maximum Gasteiger partial charge on any atom is 0.303 e. The maximum absolute atomic E-state index is 10.7. The minimum Gasteiger partial charge on any atom is -0.481 e. The van der Waals surface area contributed by atoms with Crippen molar-refractivity contribution in [2.45, 2.75) is 58.4 Å². The second-order valence-electron chi connectivity index (χ2n) is 6.15. The number of carboxylic acids is 1. The van der Waals surface area contributed by atoms with Crippen molar-refractivity contribution in [2.75, 3.05) is 13.1 Å². The molecule has 1 unspecified atom stereocenters. The summed E-state index contributed by atoms with van der Waals surface area (Å²) in [7, 11) is 0. The van der Waals surface area contributed by atoms with Crippen LogP contribution in [0.2, 0.25) is 0 Å². The van der Waals surface area contributed by atoms with E-state index >= 15 is 0 Å². The van der Waals surface area contributed by atoms with Gasteiger partial charge in [0.25, 0.3) is 0 Å². The van der Waals surface area contributed by atoms with Crippen LogP contribution in [0.3, 0.4) is 0 Å². The number of hydrogen-bond donors (Lipinski definition) is 1. The summed E-state index contributed by atoms with van der Waals surface area (Å²) in [5, 5.41) is 8.81. The standard InChI is InChI=1S/C16H25N3O2/c1-11(2)19-8-4-5-13(10-19)15-9-14(6-7-16(20)21)17-12(3)18-15/h9,11,13H,4-8,10H2,1-3H3,(H,20,21). The predicted octanol–water partition coefficient (Wildman–Crippen LogP) is 2.39. The first-order valence-electron chi connectivity index (χ1n) is 7.76. The molecule has 0 saturated carbocycles. The number of aryl methyl sites for hydroxylation is 2. The molecule has 0 aromatic carbocycles. The summed E-state index contributed by atoms with van der Waals surface area (Å²) < 4.78 is 0. The van der Waals surface area contributed by atoms with E-state index in [9.17, 15) is 4.79 Å². The Labute approximate surface area is 126 Å². The van der Waals surface area contributed by atoms with Crippen molar-refractivity contribution >= 4 is 5.97 Å². The zero-order chi connectivity index (χ0) is 15.4. The number of nitrogens with zero attached hydrogens (tertiary/aromatic N) is 3. The van der Waals surface area contributed by atoms with Crippen molar-refractivity contribution in [1.29, 1.82) is 0 Å². The molecule has 0 amide bonds. The Bertz CT molecular complexity index is 502. The Kier molecular flexibility index (Phi) is 5.28. The quantitative estimate of drug-likeness (QED) is 0.902. The first kappa shape index (κ1) is 15.9. The van der Waals surface area contributed by atoms with Crippen LogP contribution in [0.5, 0.6) is 0 Å². The van der Waals surface area contributed by atoms with Crippen LogP contribution in [-0.2, 0) is 11.2 Å². The first-order chi connectivity index (χ1) is 9.95. The van der Waals surface area contributed by atoms with Gasteiger partial charge in [-0.05, 0) is 46.2 Å². The molecule has 5 nitrogen and oxygen atoms in total. The fraction of sp³-hybridized carbons (Fsp3) is 0.688. The van der Waals surface area contributed by atoms with Crippen LogP contribution < -0.4 is 0 Å². The Balaban J connectivity index is 2.13. The molecule has 0 spiro atoms. The zero-order valence-electron chi connectivity index (χ0n) is 13.2. The Morgan fingerprint density at radius 3 is 2.90 bits per heavy atom. The third kappa shape index (κ3) is 4.49. The highest BCUT2D eigenvalue weighted by Crippen LogP contribution is 2.27. The van der Waals surface area contributed by atoms with Crippen molar-refractivity contribution < 1.29 is 9.90 Å². The largest absolute Gasteiger partial charge is 0.481 e. The summed E-state index contributed by atoms with van der Waals surface area (Å²) in [6.45, 7) is 8.53. The third-order valence-electron chi connectivity index (χ3n) is 4.11. The number of likely N-dealkylation sites (tertiary alicyclic amines) is 1. The first-order valence-corrected chi connectivity index (χ1v) is 7.76. The number of piperidine rings is 1. The molecule has 1 aliphatic rings. The Morgan fingerprint density at radius 1 is 1.48 bits per heavy atom. The lowest BCUT2D eigenvalue weighted by Crippen LogP contribution is -2.39. The molecule has 1 saturated heterocycles. The minimum atomic E-state index is -0.781. The summed E-state index contributed by atoms with van der Waals surface area (Å²) in [5.74, 6) is 0.400. The SMILES string of the molecule is Cc1nc(CCC(=O)O)cc(C2CCCN(C(C)C)C2)n1. The Hall–Kier alpha value is -1.49. The second-order valence-corrected chi connectivity index (χ2v) is 6.15. The van der Waals surface area contributed by atoms with Gasteiger partial charge >= 0.3 is 5.97 Å². The lowest BCUT2D eigenvalue weighted by Gasteiger charge is -2.35. The number of carbonyl (C=O) groups is 1. The smallest absolute Gasteiger partial charge is 0.303 e. The molecule has 2 heterocycles. The lowest BCUT2D eigenvalue weighted by atomic mass is 9.93. The third-order valence-corrected chi connectivity index (χ3v) is 4.11. The van der Waals surface area contributed by atoms with Gasteiger partial charge < -0.3 is 10.0 Å². The van der Waals surface area contributed by atoms with E-state index < -0.39 is 5.97 Å². The van der Waals surface area contributed by atoms with Crippen LogP contribution in [0.1, 0.15) is 56.2 Å². The van der Waals surface area contributed by atoms with E-state index in [0.29, 0.717) is 18.4 Å². The van der Waals surface area contributed by atoms with Gasteiger partial charge in [-0.3, -0.25) is 4.79 Å². The van der Waals surface area contributed by atoms with Gasteiger partial charge in [0.2, 0.25) is 0 Å². The normalized spacial score (nSPS) is 19.9. The molecule has 1 N–H and O–H groups in total. The molecular weight excluding hydrogens is 266 g/mol. The van der Waals surface area contributed by atoms with Crippen LogP contribution in [0.25, 0.3) is 0 Å². The van der Waals surface area contributed by atoms with E-state index in [1.54, 1.807) is 0 Å². The van der Waals surface area contributed by atoms with Gasteiger partial charge in [0.15, 0.2) is 0 Å². The van der Waals surface area contributed by atoms with Gasteiger partial charge in [-0.2, -0.15) is 0 Å². The number of aromatic nitrogens is 2. The number of hydrogen-bond acceptors (Lipinski definition) is 4. The van der Waals surface area contributed by atoms with E-state index in [0.717, 1.165) is 36.7 Å². The molecule has 1 aromatic heterocycles. The number of carboxylic acid groups (broad SMARTS) is 1. The average molecular weight is 291 g/mol. The molecule has 21 heavy (non-hydrogen) atoms. The lowest BCUT2D eigenvalue weighted by molar-refractivity contribution is -0.136. The molecule has 0 bridgehead atoms. The van der Waals surface area contributed by atoms with Crippen molar-refractivity contribution in [3.8, 4) is 0 Å². The molecule has 2 rings (SSSR count).